The molecule has 0 saturated heterocycles. The van der Waals surface area contributed by atoms with Crippen LogP contribution in [0.1, 0.15) is 64.9 Å². The molecule has 160 valence electrons. The van der Waals surface area contributed by atoms with Gasteiger partial charge in [-0.2, -0.15) is 0 Å². The van der Waals surface area contributed by atoms with Crippen molar-refractivity contribution in [3.8, 4) is 6.07 Å². The summed E-state index contributed by atoms with van der Waals surface area (Å²) in [5, 5.41) is 11.7. The van der Waals surface area contributed by atoms with E-state index >= 15 is 0 Å². The molecule has 0 aromatic heterocycles. The molecule has 6 heteroatoms. The van der Waals surface area contributed by atoms with Gasteiger partial charge in [0.2, 0.25) is 11.6 Å². The number of nitrogens with one attached hydrogen (secondary N) is 1. The second kappa shape index (κ2) is 11.6. The number of nitriles is 1. The number of rotatable bonds is 10. The van der Waals surface area contributed by atoms with Crippen LogP contribution in [0.4, 0.5) is 5.69 Å². The minimum absolute atomic E-state index is 0.00527. The van der Waals surface area contributed by atoms with Crippen molar-refractivity contribution < 1.29 is 4.79 Å². The van der Waals surface area contributed by atoms with E-state index in [0.717, 1.165) is 31.5 Å². The number of unbranched alkanes of at least 4 members (excludes halogenated alkanes) is 3. The van der Waals surface area contributed by atoms with E-state index in [2.05, 4.69) is 40.7 Å². The Labute approximate surface area is 185 Å². The third-order valence-electron chi connectivity index (χ3n) is 5.50. The number of nitrogens with zero attached hydrogens (tertiary/aromatic N) is 4. The van der Waals surface area contributed by atoms with Crippen LogP contribution in [0.15, 0.2) is 41.4 Å². The maximum absolute atomic E-state index is 12.5. The summed E-state index contributed by atoms with van der Waals surface area (Å²) in [6.45, 7) is 22.2. The highest BCUT2D eigenvalue weighted by molar-refractivity contribution is 6.25. The SMILES string of the molecule is [C-]#[N+]C(C#N)=C1NC(=O)C(c2ccc(N(CCCC)C(C)CCCCC)cc2)=C1[N+]#[C-]. The van der Waals surface area contributed by atoms with Crippen molar-refractivity contribution in [2.75, 3.05) is 11.4 Å². The van der Waals surface area contributed by atoms with Gasteiger partial charge in [-0.05, 0) is 37.5 Å². The van der Waals surface area contributed by atoms with Gasteiger partial charge in [0.25, 0.3) is 5.70 Å². The summed E-state index contributed by atoms with van der Waals surface area (Å²) in [5.41, 5.74) is 1.67. The van der Waals surface area contributed by atoms with Crippen LogP contribution >= 0.6 is 0 Å². The number of carbonyl (C=O) groups is 1. The molecular formula is C25H29N5O. The van der Waals surface area contributed by atoms with Crippen molar-refractivity contribution in [2.45, 2.75) is 65.3 Å². The molecule has 0 bridgehead atoms. The molecule has 1 aliphatic heterocycles. The molecule has 1 N–H and O–H groups in total. The zero-order chi connectivity index (χ0) is 22.8. The van der Waals surface area contributed by atoms with Gasteiger partial charge in [0.05, 0.1) is 30.5 Å². The Kier molecular flexibility index (Phi) is 8.86. The van der Waals surface area contributed by atoms with Crippen LogP contribution in [0, 0.1) is 24.5 Å². The molecule has 1 atom stereocenters. The van der Waals surface area contributed by atoms with E-state index in [4.69, 9.17) is 18.4 Å². The Balaban J connectivity index is 2.38. The zero-order valence-electron chi connectivity index (χ0n) is 18.5. The molecule has 1 unspecified atom stereocenters. The maximum Gasteiger partial charge on any atom is 0.274 e. The average molecular weight is 416 g/mol. The summed E-state index contributed by atoms with van der Waals surface area (Å²) in [6, 6.07) is 9.85. The molecule has 1 aliphatic rings. The van der Waals surface area contributed by atoms with Crippen molar-refractivity contribution in [2.24, 2.45) is 0 Å². The summed E-state index contributed by atoms with van der Waals surface area (Å²) in [6.07, 6.45) is 7.01. The average Bonchev–Trinajstić information content (AvgIpc) is 3.11. The third-order valence-corrected chi connectivity index (χ3v) is 5.50. The molecular weight excluding hydrogens is 386 g/mol. The van der Waals surface area contributed by atoms with Gasteiger partial charge >= 0.3 is 0 Å². The number of anilines is 1. The Bertz CT molecular complexity index is 967. The number of carbonyl (C=O) groups excluding carboxylic acids is 1. The van der Waals surface area contributed by atoms with Crippen molar-refractivity contribution in [3.05, 3.63) is 69.8 Å². The van der Waals surface area contributed by atoms with E-state index in [9.17, 15) is 4.79 Å². The van der Waals surface area contributed by atoms with Crippen LogP contribution in [0.25, 0.3) is 15.3 Å². The Hall–Kier alpha value is -3.56. The summed E-state index contributed by atoms with van der Waals surface area (Å²) in [7, 11) is 0. The lowest BCUT2D eigenvalue weighted by Crippen LogP contribution is -2.34. The third kappa shape index (κ3) is 5.53. The second-order valence-electron chi connectivity index (χ2n) is 7.68. The molecule has 0 spiro atoms. The highest BCUT2D eigenvalue weighted by Crippen LogP contribution is 2.33. The Morgan fingerprint density at radius 3 is 2.39 bits per heavy atom. The first-order valence-corrected chi connectivity index (χ1v) is 10.8. The summed E-state index contributed by atoms with van der Waals surface area (Å²) in [5.74, 6) is -0.457. The molecule has 0 aliphatic carbocycles. The molecule has 0 fully saturated rings. The van der Waals surface area contributed by atoms with Crippen LogP contribution in [0.3, 0.4) is 0 Å². The van der Waals surface area contributed by atoms with Crippen LogP contribution in [-0.4, -0.2) is 18.5 Å². The van der Waals surface area contributed by atoms with Gasteiger partial charge in [0, 0.05) is 18.3 Å². The monoisotopic (exact) mass is 415 g/mol. The van der Waals surface area contributed by atoms with Crippen LogP contribution in [-0.2, 0) is 4.79 Å². The first kappa shape index (κ1) is 23.7. The lowest BCUT2D eigenvalue weighted by Gasteiger charge is -2.32. The quantitative estimate of drug-likeness (QED) is 0.304. The topological polar surface area (TPSA) is 64.9 Å². The molecule has 1 amide bonds. The molecule has 1 heterocycles. The Morgan fingerprint density at radius 1 is 1.16 bits per heavy atom. The smallest absolute Gasteiger partial charge is 0.274 e. The lowest BCUT2D eigenvalue weighted by atomic mass is 10.0. The highest BCUT2D eigenvalue weighted by atomic mass is 16.2. The van der Waals surface area contributed by atoms with Gasteiger partial charge < -0.3 is 10.2 Å². The van der Waals surface area contributed by atoms with Crippen molar-refractivity contribution in [3.63, 3.8) is 0 Å². The number of allylic oxidation sites excluding steroid dienone is 1. The Morgan fingerprint density at radius 2 is 1.84 bits per heavy atom. The van der Waals surface area contributed by atoms with Gasteiger partial charge in [-0.15, -0.1) is 0 Å². The molecule has 0 saturated carbocycles. The predicted molar refractivity (Wildman–Crippen MR) is 123 cm³/mol. The van der Waals surface area contributed by atoms with Gasteiger partial charge in [-0.3, -0.25) is 4.79 Å². The first-order chi connectivity index (χ1) is 15.0. The van der Waals surface area contributed by atoms with Crippen molar-refractivity contribution >= 4 is 17.2 Å². The van der Waals surface area contributed by atoms with Crippen molar-refractivity contribution in [1.29, 1.82) is 5.26 Å². The summed E-state index contributed by atoms with van der Waals surface area (Å²) < 4.78 is 0. The fraction of sp³-hybridized carbons (Fsp3) is 0.440. The fourth-order valence-corrected chi connectivity index (χ4v) is 3.75. The number of benzene rings is 1. The predicted octanol–water partition coefficient (Wildman–Crippen LogP) is 5.68. The van der Waals surface area contributed by atoms with Crippen LogP contribution in [0.2, 0.25) is 0 Å². The minimum atomic E-state index is -0.457. The molecule has 2 rings (SSSR count). The number of hydrogen-bond donors (Lipinski definition) is 1. The van der Waals surface area contributed by atoms with E-state index < -0.39 is 5.91 Å². The highest BCUT2D eigenvalue weighted by Gasteiger charge is 2.31. The fourth-order valence-electron chi connectivity index (χ4n) is 3.75. The second-order valence-corrected chi connectivity index (χ2v) is 7.68. The van der Waals surface area contributed by atoms with Gasteiger partial charge in [-0.1, -0.05) is 51.7 Å². The van der Waals surface area contributed by atoms with Gasteiger partial charge in [0.15, 0.2) is 0 Å². The van der Waals surface area contributed by atoms with E-state index in [1.54, 1.807) is 6.07 Å². The van der Waals surface area contributed by atoms with Crippen LogP contribution < -0.4 is 10.2 Å². The van der Waals surface area contributed by atoms with Gasteiger partial charge in [0.1, 0.15) is 0 Å². The lowest BCUT2D eigenvalue weighted by molar-refractivity contribution is -0.114. The largest absolute Gasteiger partial charge is 0.369 e. The summed E-state index contributed by atoms with van der Waals surface area (Å²) >= 11 is 0. The number of amides is 1. The van der Waals surface area contributed by atoms with Crippen molar-refractivity contribution in [1.82, 2.24) is 5.32 Å². The van der Waals surface area contributed by atoms with E-state index in [1.165, 1.54) is 19.3 Å². The summed E-state index contributed by atoms with van der Waals surface area (Å²) in [4.78, 5) is 21.5. The molecule has 31 heavy (non-hydrogen) atoms. The normalized spacial score (nSPS) is 15.5. The van der Waals surface area contributed by atoms with E-state index in [0.29, 0.717) is 11.6 Å². The van der Waals surface area contributed by atoms with Gasteiger partial charge in [-0.25, -0.2) is 15.0 Å². The van der Waals surface area contributed by atoms with E-state index in [1.807, 2.05) is 24.3 Å². The molecule has 1 aromatic carbocycles. The maximum atomic E-state index is 12.5. The molecule has 1 aromatic rings. The standard InChI is InChI=1S/C25H29N5O/c1-6-8-10-11-18(3)30(16-9-7-2)20-14-12-19(13-15-20)22-24(28-5)23(29-25(22)31)21(17-26)27-4/h12-15,18H,6-11,16H2,1-3H3,(H,29,31). The zero-order valence-corrected chi connectivity index (χ0v) is 18.5. The van der Waals surface area contributed by atoms with Crippen LogP contribution in [0.5, 0.6) is 0 Å². The molecule has 6 nitrogen and oxygen atoms in total. The number of hydrogen-bond acceptors (Lipinski definition) is 3. The minimum Gasteiger partial charge on any atom is -0.369 e. The van der Waals surface area contributed by atoms with E-state index in [-0.39, 0.29) is 22.7 Å². The first-order valence-electron chi connectivity index (χ1n) is 10.8. The molecule has 0 radical (unpaired) electrons.